The maximum Gasteiger partial charge on any atom is 0.246 e. The summed E-state index contributed by atoms with van der Waals surface area (Å²) in [5.74, 6) is 0.130. The van der Waals surface area contributed by atoms with Crippen LogP contribution in [0.3, 0.4) is 0 Å². The summed E-state index contributed by atoms with van der Waals surface area (Å²) < 4.78 is 3.69. The molecule has 162 valence electrons. The lowest BCUT2D eigenvalue weighted by atomic mass is 10.1. The lowest BCUT2D eigenvalue weighted by Gasteiger charge is -2.08. The van der Waals surface area contributed by atoms with Crippen molar-refractivity contribution in [3.8, 4) is 0 Å². The molecular weight excluding hydrogens is 404 g/mol. The minimum Gasteiger partial charge on any atom is -0.344 e. The summed E-state index contributed by atoms with van der Waals surface area (Å²) >= 11 is 0. The van der Waals surface area contributed by atoms with Gasteiger partial charge in [-0.05, 0) is 51.0 Å². The molecule has 32 heavy (non-hydrogen) atoms. The third-order valence-corrected chi connectivity index (χ3v) is 5.67. The van der Waals surface area contributed by atoms with E-state index in [1.807, 2.05) is 24.5 Å². The molecule has 1 saturated carbocycles. The van der Waals surface area contributed by atoms with Crippen molar-refractivity contribution >= 4 is 28.3 Å². The van der Waals surface area contributed by atoms with E-state index in [9.17, 15) is 9.59 Å². The number of anilines is 1. The first-order chi connectivity index (χ1) is 15.5. The molecule has 1 fully saturated rings. The van der Waals surface area contributed by atoms with Gasteiger partial charge in [-0.2, -0.15) is 5.10 Å². The smallest absolute Gasteiger partial charge is 0.246 e. The average molecular weight is 428 g/mol. The summed E-state index contributed by atoms with van der Waals surface area (Å²) in [6, 6.07) is 7.35. The quantitative estimate of drug-likeness (QED) is 0.450. The molecule has 0 aliphatic heterocycles. The highest BCUT2D eigenvalue weighted by molar-refractivity contribution is 6.15. The Morgan fingerprint density at radius 2 is 2.03 bits per heavy atom. The van der Waals surface area contributed by atoms with Gasteiger partial charge in [0.15, 0.2) is 0 Å². The minimum atomic E-state index is -0.209. The second-order valence-corrected chi connectivity index (χ2v) is 8.46. The van der Waals surface area contributed by atoms with Gasteiger partial charge in [0.25, 0.3) is 0 Å². The number of nitrogens with zero attached hydrogens (tertiary/aromatic N) is 5. The average Bonchev–Trinajstić information content (AvgIpc) is 3.40. The zero-order chi connectivity index (χ0) is 22.2. The largest absolute Gasteiger partial charge is 0.344 e. The number of fused-ring (bicyclic) bond motifs is 1. The highest BCUT2D eigenvalue weighted by Crippen LogP contribution is 2.38. The molecule has 1 aliphatic rings. The van der Waals surface area contributed by atoms with Crippen LogP contribution in [0, 0.1) is 0 Å². The summed E-state index contributed by atoms with van der Waals surface area (Å²) in [6.07, 6.45) is 11.0. The SMILES string of the molecule is CC(C)n1cc(C(=O)c2cc(NC(=O)Cn3ccc(C4CC4)n3)ccn2)c2cnccc21. The van der Waals surface area contributed by atoms with Gasteiger partial charge in [0, 0.05) is 54.0 Å². The van der Waals surface area contributed by atoms with Crippen LogP contribution in [0.25, 0.3) is 10.9 Å². The van der Waals surface area contributed by atoms with Crippen LogP contribution >= 0.6 is 0 Å². The molecule has 4 aromatic rings. The van der Waals surface area contributed by atoms with Gasteiger partial charge >= 0.3 is 0 Å². The maximum absolute atomic E-state index is 13.3. The first-order valence-corrected chi connectivity index (χ1v) is 10.8. The van der Waals surface area contributed by atoms with Gasteiger partial charge in [-0.15, -0.1) is 0 Å². The predicted octanol–water partition coefficient (Wildman–Crippen LogP) is 3.96. The number of pyridine rings is 2. The third-order valence-electron chi connectivity index (χ3n) is 5.67. The summed E-state index contributed by atoms with van der Waals surface area (Å²) in [6.45, 7) is 4.25. The number of rotatable bonds is 7. The van der Waals surface area contributed by atoms with Gasteiger partial charge in [0.05, 0.1) is 16.8 Å². The molecule has 0 aromatic carbocycles. The fourth-order valence-corrected chi connectivity index (χ4v) is 3.89. The molecule has 4 aromatic heterocycles. The topological polar surface area (TPSA) is 94.7 Å². The van der Waals surface area contributed by atoms with Crippen molar-refractivity contribution < 1.29 is 9.59 Å². The van der Waals surface area contributed by atoms with E-state index in [2.05, 4.69) is 38.8 Å². The predicted molar refractivity (Wildman–Crippen MR) is 121 cm³/mol. The first kappa shape index (κ1) is 20.1. The van der Waals surface area contributed by atoms with Gasteiger partial charge in [-0.3, -0.25) is 24.2 Å². The fourth-order valence-electron chi connectivity index (χ4n) is 3.89. The first-order valence-electron chi connectivity index (χ1n) is 10.8. The Hall–Kier alpha value is -3.81. The Kier molecular flexibility index (Phi) is 5.05. The number of amides is 1. The zero-order valence-corrected chi connectivity index (χ0v) is 18.0. The Labute approximate surface area is 185 Å². The van der Waals surface area contributed by atoms with Crippen molar-refractivity contribution in [2.45, 2.75) is 45.2 Å². The normalized spacial score (nSPS) is 13.6. The number of aromatic nitrogens is 5. The molecule has 1 amide bonds. The molecule has 0 bridgehead atoms. The molecule has 1 aliphatic carbocycles. The van der Waals surface area contributed by atoms with Crippen molar-refractivity contribution in [2.75, 3.05) is 5.32 Å². The van der Waals surface area contributed by atoms with E-state index in [0.717, 1.165) is 16.6 Å². The maximum atomic E-state index is 13.3. The van der Waals surface area contributed by atoms with Crippen LogP contribution in [0.2, 0.25) is 0 Å². The summed E-state index contributed by atoms with van der Waals surface area (Å²) in [5.41, 5.74) is 3.33. The number of carbonyl (C=O) groups is 2. The Morgan fingerprint density at radius 3 is 2.81 bits per heavy atom. The van der Waals surface area contributed by atoms with Gasteiger partial charge in [-0.1, -0.05) is 0 Å². The van der Waals surface area contributed by atoms with Crippen molar-refractivity contribution in [3.05, 3.63) is 72.2 Å². The summed E-state index contributed by atoms with van der Waals surface area (Å²) in [7, 11) is 0. The van der Waals surface area contributed by atoms with Gasteiger partial charge < -0.3 is 9.88 Å². The molecule has 0 radical (unpaired) electrons. The van der Waals surface area contributed by atoms with Gasteiger partial charge in [0.2, 0.25) is 11.7 Å². The number of ketones is 1. The van der Waals surface area contributed by atoms with Gasteiger partial charge in [0.1, 0.15) is 12.2 Å². The molecule has 8 nitrogen and oxygen atoms in total. The van der Waals surface area contributed by atoms with Crippen molar-refractivity contribution in [1.29, 1.82) is 0 Å². The van der Waals surface area contributed by atoms with Crippen LogP contribution in [0.1, 0.15) is 60.4 Å². The number of carbonyl (C=O) groups excluding carboxylic acids is 2. The number of hydrogen-bond acceptors (Lipinski definition) is 5. The molecule has 8 heteroatoms. The second-order valence-electron chi connectivity index (χ2n) is 8.46. The zero-order valence-electron chi connectivity index (χ0n) is 18.0. The van der Waals surface area contributed by atoms with Crippen LogP contribution in [-0.4, -0.2) is 36.0 Å². The van der Waals surface area contributed by atoms with E-state index in [1.54, 1.807) is 29.2 Å². The second kappa shape index (κ2) is 8.03. The molecule has 5 rings (SSSR count). The number of hydrogen-bond donors (Lipinski definition) is 1. The third kappa shape index (κ3) is 3.91. The Balaban J connectivity index is 1.35. The molecule has 0 atom stereocenters. The fraction of sp³-hybridized carbons (Fsp3) is 0.292. The molecule has 0 spiro atoms. The van der Waals surface area contributed by atoms with E-state index < -0.39 is 0 Å². The number of nitrogens with one attached hydrogen (secondary N) is 1. The van der Waals surface area contributed by atoms with Crippen molar-refractivity contribution in [2.24, 2.45) is 0 Å². The highest BCUT2D eigenvalue weighted by atomic mass is 16.2. The van der Waals surface area contributed by atoms with E-state index in [-0.39, 0.29) is 30.0 Å². The van der Waals surface area contributed by atoms with Crippen LogP contribution < -0.4 is 5.32 Å². The van der Waals surface area contributed by atoms with E-state index in [1.165, 1.54) is 19.0 Å². The van der Waals surface area contributed by atoms with Crippen molar-refractivity contribution in [1.82, 2.24) is 24.3 Å². The monoisotopic (exact) mass is 428 g/mol. The Morgan fingerprint density at radius 1 is 1.19 bits per heavy atom. The lowest BCUT2D eigenvalue weighted by molar-refractivity contribution is -0.116. The van der Waals surface area contributed by atoms with E-state index >= 15 is 0 Å². The van der Waals surface area contributed by atoms with Crippen molar-refractivity contribution in [3.63, 3.8) is 0 Å². The summed E-state index contributed by atoms with van der Waals surface area (Å²) in [4.78, 5) is 34.2. The summed E-state index contributed by atoms with van der Waals surface area (Å²) in [5, 5.41) is 8.09. The van der Waals surface area contributed by atoms with Crippen LogP contribution in [-0.2, 0) is 11.3 Å². The van der Waals surface area contributed by atoms with Crippen LogP contribution in [0.5, 0.6) is 0 Å². The molecule has 1 N–H and O–H groups in total. The van der Waals surface area contributed by atoms with Crippen LogP contribution in [0.15, 0.2) is 55.2 Å². The van der Waals surface area contributed by atoms with E-state index in [4.69, 9.17) is 0 Å². The molecule has 0 unspecified atom stereocenters. The van der Waals surface area contributed by atoms with Crippen LogP contribution in [0.4, 0.5) is 5.69 Å². The molecule has 4 heterocycles. The Bertz CT molecular complexity index is 1320. The standard InChI is InChI=1S/C24H24N6O2/c1-15(2)30-13-19(18-12-25-8-6-22(18)30)24(32)21-11-17(5-9-26-21)27-23(31)14-29-10-7-20(28-29)16-3-4-16/h5-13,15-16H,3-4,14H2,1-2H3,(H,26,27,31). The molecule has 0 saturated heterocycles. The minimum absolute atomic E-state index is 0.117. The highest BCUT2D eigenvalue weighted by Gasteiger charge is 2.26. The lowest BCUT2D eigenvalue weighted by Crippen LogP contribution is -2.19. The van der Waals surface area contributed by atoms with E-state index in [0.29, 0.717) is 17.2 Å². The van der Waals surface area contributed by atoms with Gasteiger partial charge in [-0.25, -0.2) is 0 Å². The molecular formula is C24H24N6O2.